The average Bonchev–Trinajstić information content (AvgIpc) is 2.47. The Morgan fingerprint density at radius 2 is 2.13 bits per heavy atom. The highest BCUT2D eigenvalue weighted by Gasteiger charge is 2.32. The van der Waals surface area contributed by atoms with Crippen LogP contribution in [0.2, 0.25) is 0 Å². The normalized spacial score (nSPS) is 12.3. The third kappa shape index (κ3) is 1.49. The van der Waals surface area contributed by atoms with E-state index in [4.69, 9.17) is 0 Å². The summed E-state index contributed by atoms with van der Waals surface area (Å²) in [7, 11) is 1.46. The van der Waals surface area contributed by atoms with Gasteiger partial charge in [0.1, 0.15) is 11.3 Å². The Kier molecular flexibility index (Phi) is 1.85. The molecule has 4 nitrogen and oxygen atoms in total. The molecule has 15 heavy (non-hydrogen) atoms. The summed E-state index contributed by atoms with van der Waals surface area (Å²) in [5, 5.41) is 3.84. The van der Waals surface area contributed by atoms with Gasteiger partial charge in [-0.15, -0.1) is 0 Å². The Balaban J connectivity index is 2.82. The first kappa shape index (κ1) is 9.75. The molecule has 0 spiro atoms. The first-order valence-electron chi connectivity index (χ1n) is 4.02. The Morgan fingerprint density at radius 3 is 2.73 bits per heavy atom. The zero-order valence-electron chi connectivity index (χ0n) is 7.59. The summed E-state index contributed by atoms with van der Waals surface area (Å²) in [5.74, 6) is 0. The quantitative estimate of drug-likeness (QED) is 0.722. The molecule has 0 saturated carbocycles. The molecule has 0 amide bonds. The van der Waals surface area contributed by atoms with E-state index in [-0.39, 0.29) is 11.0 Å². The predicted octanol–water partition coefficient (Wildman–Crippen LogP) is 1.28. The van der Waals surface area contributed by atoms with E-state index in [0.717, 1.165) is 0 Å². The largest absolute Gasteiger partial charge is 0.431 e. The maximum Gasteiger partial charge on any atom is 0.431 e. The molecule has 0 fully saturated rings. The molecule has 80 valence electrons. The molecule has 0 bridgehead atoms. The molecule has 0 aliphatic carbocycles. The van der Waals surface area contributed by atoms with Crippen LogP contribution in [0.3, 0.4) is 0 Å². The van der Waals surface area contributed by atoms with E-state index in [9.17, 15) is 18.0 Å². The summed E-state index contributed by atoms with van der Waals surface area (Å²) < 4.78 is 38.2. The number of pyridine rings is 1. The van der Waals surface area contributed by atoms with Gasteiger partial charge in [0.25, 0.3) is 0 Å². The number of halogens is 3. The molecule has 7 heteroatoms. The Bertz CT molecular complexity index is 566. The van der Waals surface area contributed by atoms with Crippen molar-refractivity contribution in [3.05, 3.63) is 28.2 Å². The van der Waals surface area contributed by atoms with Gasteiger partial charge in [-0.3, -0.25) is 9.48 Å². The maximum atomic E-state index is 12.3. The van der Waals surface area contributed by atoms with Crippen molar-refractivity contribution in [1.29, 1.82) is 0 Å². The van der Waals surface area contributed by atoms with Crippen molar-refractivity contribution < 1.29 is 13.2 Å². The number of aromatic amines is 1. The molecular formula is C8H6F3N3O. The van der Waals surface area contributed by atoms with Crippen LogP contribution in [0.25, 0.3) is 11.0 Å². The first-order chi connectivity index (χ1) is 6.89. The van der Waals surface area contributed by atoms with E-state index in [2.05, 4.69) is 10.1 Å². The van der Waals surface area contributed by atoms with E-state index in [1.165, 1.54) is 17.9 Å². The third-order valence-corrected chi connectivity index (χ3v) is 2.04. The first-order valence-corrected chi connectivity index (χ1v) is 4.02. The fourth-order valence-electron chi connectivity index (χ4n) is 1.29. The van der Waals surface area contributed by atoms with Crippen molar-refractivity contribution >= 4 is 11.0 Å². The van der Waals surface area contributed by atoms with E-state index < -0.39 is 17.3 Å². The molecule has 1 N–H and O–H groups in total. The van der Waals surface area contributed by atoms with Crippen molar-refractivity contribution in [2.75, 3.05) is 0 Å². The fraction of sp³-hybridized carbons (Fsp3) is 0.250. The molecule has 2 aromatic heterocycles. The highest BCUT2D eigenvalue weighted by atomic mass is 19.4. The lowest BCUT2D eigenvalue weighted by atomic mass is 10.3. The molecule has 2 aromatic rings. The van der Waals surface area contributed by atoms with Crippen LogP contribution < -0.4 is 5.43 Å². The summed E-state index contributed by atoms with van der Waals surface area (Å²) in [5.41, 5.74) is -1.69. The SMILES string of the molecule is Cn1ncc2c(=O)cc(C(F)(F)F)[nH]c21. The van der Waals surface area contributed by atoms with Gasteiger partial charge in [0, 0.05) is 13.1 Å². The second-order valence-electron chi connectivity index (χ2n) is 3.08. The van der Waals surface area contributed by atoms with Crippen LogP contribution in [0.4, 0.5) is 13.2 Å². The molecule has 0 radical (unpaired) electrons. The summed E-state index contributed by atoms with van der Waals surface area (Å²) in [6, 6.07) is 0.532. The summed E-state index contributed by atoms with van der Waals surface area (Å²) >= 11 is 0. The van der Waals surface area contributed by atoms with Crippen molar-refractivity contribution in [1.82, 2.24) is 14.8 Å². The molecule has 0 unspecified atom stereocenters. The monoisotopic (exact) mass is 217 g/mol. The number of alkyl halides is 3. The molecule has 0 aromatic carbocycles. The standard InChI is InChI=1S/C8H6F3N3O/c1-14-7-4(3-12-14)5(15)2-6(13-7)8(9,10)11/h2-3H,1H3,(H,13,15). The van der Waals surface area contributed by atoms with Gasteiger partial charge in [-0.2, -0.15) is 18.3 Å². The number of aromatic nitrogens is 3. The predicted molar refractivity (Wildman–Crippen MR) is 46.3 cm³/mol. The summed E-state index contributed by atoms with van der Waals surface area (Å²) in [6.07, 6.45) is -3.33. The Morgan fingerprint density at radius 1 is 1.47 bits per heavy atom. The van der Waals surface area contributed by atoms with Crippen molar-refractivity contribution in [2.45, 2.75) is 6.18 Å². The highest BCUT2D eigenvalue weighted by Crippen LogP contribution is 2.27. The van der Waals surface area contributed by atoms with Gasteiger partial charge >= 0.3 is 6.18 Å². The summed E-state index contributed by atoms with van der Waals surface area (Å²) in [4.78, 5) is 13.4. The van der Waals surface area contributed by atoms with E-state index in [0.29, 0.717) is 6.07 Å². The molecule has 0 atom stereocenters. The van der Waals surface area contributed by atoms with Crippen molar-refractivity contribution in [3.63, 3.8) is 0 Å². The van der Waals surface area contributed by atoms with Gasteiger partial charge < -0.3 is 4.98 Å². The van der Waals surface area contributed by atoms with Crippen LogP contribution in [-0.2, 0) is 13.2 Å². The molecule has 2 heterocycles. The van der Waals surface area contributed by atoms with Gasteiger partial charge in [-0.25, -0.2) is 0 Å². The van der Waals surface area contributed by atoms with Crippen LogP contribution >= 0.6 is 0 Å². The topological polar surface area (TPSA) is 50.7 Å². The lowest BCUT2D eigenvalue weighted by Gasteiger charge is -2.06. The lowest BCUT2D eigenvalue weighted by Crippen LogP contribution is -2.14. The number of rotatable bonds is 0. The van der Waals surface area contributed by atoms with Gasteiger partial charge in [-0.1, -0.05) is 0 Å². The second kappa shape index (κ2) is 2.85. The van der Waals surface area contributed by atoms with Crippen molar-refractivity contribution in [3.8, 4) is 0 Å². The second-order valence-corrected chi connectivity index (χ2v) is 3.08. The van der Waals surface area contributed by atoms with Crippen LogP contribution in [0.1, 0.15) is 5.69 Å². The smallest absolute Gasteiger partial charge is 0.336 e. The summed E-state index contributed by atoms with van der Waals surface area (Å²) in [6.45, 7) is 0. The van der Waals surface area contributed by atoms with Crippen LogP contribution in [0.15, 0.2) is 17.1 Å². The maximum absolute atomic E-state index is 12.3. The molecule has 2 rings (SSSR count). The third-order valence-electron chi connectivity index (χ3n) is 2.04. The van der Waals surface area contributed by atoms with E-state index in [1.54, 1.807) is 0 Å². The number of hydrogen-bond donors (Lipinski definition) is 1. The minimum absolute atomic E-state index is 0.0647. The fourth-order valence-corrected chi connectivity index (χ4v) is 1.29. The molecule has 0 aliphatic heterocycles. The molecule has 0 saturated heterocycles. The van der Waals surface area contributed by atoms with Gasteiger partial charge in [0.2, 0.25) is 0 Å². The lowest BCUT2D eigenvalue weighted by molar-refractivity contribution is -0.141. The number of aryl methyl sites for hydroxylation is 1. The number of nitrogens with one attached hydrogen (secondary N) is 1. The zero-order chi connectivity index (χ0) is 11.2. The van der Waals surface area contributed by atoms with Crippen LogP contribution in [0.5, 0.6) is 0 Å². The van der Waals surface area contributed by atoms with Gasteiger partial charge in [-0.05, 0) is 0 Å². The minimum atomic E-state index is -4.56. The zero-order valence-corrected chi connectivity index (χ0v) is 7.59. The van der Waals surface area contributed by atoms with Crippen molar-refractivity contribution in [2.24, 2.45) is 7.05 Å². The number of nitrogens with zero attached hydrogens (tertiary/aromatic N) is 2. The van der Waals surface area contributed by atoms with E-state index >= 15 is 0 Å². The molecule has 0 aliphatic rings. The van der Waals surface area contributed by atoms with Gasteiger partial charge in [0.15, 0.2) is 5.43 Å². The highest BCUT2D eigenvalue weighted by molar-refractivity contribution is 5.74. The van der Waals surface area contributed by atoms with Crippen LogP contribution in [-0.4, -0.2) is 14.8 Å². The minimum Gasteiger partial charge on any atom is -0.336 e. The van der Waals surface area contributed by atoms with E-state index in [1.807, 2.05) is 0 Å². The Labute approximate surface area is 81.3 Å². The number of hydrogen-bond acceptors (Lipinski definition) is 2. The average molecular weight is 217 g/mol. The number of fused-ring (bicyclic) bond motifs is 1. The number of H-pyrrole nitrogens is 1. The molecular weight excluding hydrogens is 211 g/mol. The van der Waals surface area contributed by atoms with Gasteiger partial charge in [0.05, 0.1) is 11.6 Å². The van der Waals surface area contributed by atoms with Crippen LogP contribution in [0, 0.1) is 0 Å². The Hall–Kier alpha value is -1.79.